The van der Waals surface area contributed by atoms with Crippen LogP contribution in [0.2, 0.25) is 12.6 Å². The Labute approximate surface area is 82.5 Å². The zero-order chi connectivity index (χ0) is 9.90. The molecule has 0 heterocycles. The first-order valence-electron chi connectivity index (χ1n) is 4.84. The summed E-state index contributed by atoms with van der Waals surface area (Å²) in [6.45, 7) is 4.71. The molecule has 0 aliphatic rings. The van der Waals surface area contributed by atoms with Crippen molar-refractivity contribution in [3.63, 3.8) is 0 Å². The largest absolute Gasteiger partial charge is 0.326 e. The number of hydrogen-bond donors (Lipinski definition) is 0. The second-order valence-corrected chi connectivity index (χ2v) is 8.61. The summed E-state index contributed by atoms with van der Waals surface area (Å²) < 4.78 is 2.42. The van der Waals surface area contributed by atoms with Crippen molar-refractivity contribution >= 4 is 13.4 Å². The summed E-state index contributed by atoms with van der Waals surface area (Å²) in [5, 5.41) is 1.53. The maximum atomic E-state index is 2.42. The van der Waals surface area contributed by atoms with Gasteiger partial charge in [-0.05, 0) is 25.3 Å². The number of hydrogen-bond acceptors (Lipinski definition) is 1. The number of benzene rings is 1. The van der Waals surface area contributed by atoms with E-state index in [1.807, 2.05) is 0 Å². The maximum absolute atomic E-state index is 2.42. The van der Waals surface area contributed by atoms with E-state index in [1.165, 1.54) is 11.2 Å². The Morgan fingerprint density at radius 1 is 1.15 bits per heavy atom. The molecule has 1 nitrogen and oxygen atoms in total. The van der Waals surface area contributed by atoms with Gasteiger partial charge in [-0.3, -0.25) is 0 Å². The molecule has 1 aromatic rings. The van der Waals surface area contributed by atoms with Gasteiger partial charge in [0.15, 0.2) is 8.24 Å². The second kappa shape index (κ2) is 4.07. The lowest BCUT2D eigenvalue weighted by atomic mass is 10.4. The van der Waals surface area contributed by atoms with Crippen molar-refractivity contribution in [2.45, 2.75) is 19.5 Å². The molecule has 0 aliphatic carbocycles. The van der Waals surface area contributed by atoms with Crippen LogP contribution in [0.5, 0.6) is 0 Å². The smallest absolute Gasteiger partial charge is 0.156 e. The number of rotatable bonds is 3. The van der Waals surface area contributed by atoms with Gasteiger partial charge in [0, 0.05) is 0 Å². The zero-order valence-electron chi connectivity index (χ0n) is 9.04. The van der Waals surface area contributed by atoms with Crippen LogP contribution in [0.4, 0.5) is 0 Å². The predicted molar refractivity (Wildman–Crippen MR) is 61.9 cm³/mol. The first-order valence-corrected chi connectivity index (χ1v) is 7.49. The third-order valence-corrected chi connectivity index (χ3v) is 8.00. The Kier molecular flexibility index (Phi) is 3.28. The molecule has 0 radical (unpaired) electrons. The van der Waals surface area contributed by atoms with Crippen LogP contribution < -0.4 is 5.19 Å². The van der Waals surface area contributed by atoms with Crippen LogP contribution in [-0.2, 0) is 0 Å². The highest BCUT2D eigenvalue weighted by Gasteiger charge is 2.29. The lowest BCUT2D eigenvalue weighted by molar-refractivity contribution is 0.626. The fraction of sp³-hybridized carbons (Fsp3) is 0.455. The molecule has 1 aromatic carbocycles. The Bertz CT molecular complexity index is 258. The topological polar surface area (TPSA) is 3.24 Å². The van der Waals surface area contributed by atoms with Gasteiger partial charge in [-0.15, -0.1) is 0 Å². The van der Waals surface area contributed by atoms with Crippen LogP contribution in [0.15, 0.2) is 30.3 Å². The molecule has 0 aromatic heterocycles. The molecule has 0 spiro atoms. The molecule has 13 heavy (non-hydrogen) atoms. The van der Waals surface area contributed by atoms with Gasteiger partial charge in [0.05, 0.1) is 0 Å². The minimum atomic E-state index is -1.34. The van der Waals surface area contributed by atoms with E-state index < -0.39 is 8.24 Å². The first-order chi connectivity index (χ1) is 6.11. The SMILES string of the molecule is CC[Si](C)(c1ccccc1)N(C)C. The molecule has 72 valence electrons. The van der Waals surface area contributed by atoms with Gasteiger partial charge in [0.2, 0.25) is 0 Å². The summed E-state index contributed by atoms with van der Waals surface area (Å²) in [6.07, 6.45) is 0. The predicted octanol–water partition coefficient (Wildman–Crippen LogP) is 2.05. The van der Waals surface area contributed by atoms with Gasteiger partial charge in [0.1, 0.15) is 0 Å². The average molecular weight is 193 g/mol. The third kappa shape index (κ3) is 2.01. The van der Waals surface area contributed by atoms with Crippen molar-refractivity contribution in [2.24, 2.45) is 0 Å². The Balaban J connectivity index is 3.03. The minimum absolute atomic E-state index is 1.27. The molecule has 1 unspecified atom stereocenters. The summed E-state index contributed by atoms with van der Waals surface area (Å²) in [5.74, 6) is 0. The van der Waals surface area contributed by atoms with Crippen molar-refractivity contribution in [1.82, 2.24) is 4.57 Å². The van der Waals surface area contributed by atoms with Crippen molar-refractivity contribution in [3.05, 3.63) is 30.3 Å². The van der Waals surface area contributed by atoms with Crippen LogP contribution in [-0.4, -0.2) is 26.9 Å². The summed E-state index contributed by atoms with van der Waals surface area (Å²) >= 11 is 0. The number of nitrogens with zero attached hydrogens (tertiary/aromatic N) is 1. The van der Waals surface area contributed by atoms with Crippen molar-refractivity contribution in [2.75, 3.05) is 14.1 Å². The molecule has 0 saturated heterocycles. The summed E-state index contributed by atoms with van der Waals surface area (Å²) in [4.78, 5) is 0. The first kappa shape index (κ1) is 10.5. The van der Waals surface area contributed by atoms with E-state index in [4.69, 9.17) is 0 Å². The van der Waals surface area contributed by atoms with Crippen LogP contribution in [0.25, 0.3) is 0 Å². The van der Waals surface area contributed by atoms with Gasteiger partial charge < -0.3 is 4.57 Å². The van der Waals surface area contributed by atoms with Gasteiger partial charge in [-0.25, -0.2) is 0 Å². The van der Waals surface area contributed by atoms with Crippen molar-refractivity contribution in [3.8, 4) is 0 Å². The van der Waals surface area contributed by atoms with E-state index in [-0.39, 0.29) is 0 Å². The van der Waals surface area contributed by atoms with Crippen molar-refractivity contribution < 1.29 is 0 Å². The molecule has 0 amide bonds. The van der Waals surface area contributed by atoms with Gasteiger partial charge >= 0.3 is 0 Å². The van der Waals surface area contributed by atoms with E-state index in [2.05, 4.69) is 62.5 Å². The van der Waals surface area contributed by atoms with E-state index in [9.17, 15) is 0 Å². The van der Waals surface area contributed by atoms with Crippen LogP contribution in [0.1, 0.15) is 6.92 Å². The third-order valence-electron chi connectivity index (χ3n) is 3.07. The van der Waals surface area contributed by atoms with E-state index in [0.717, 1.165) is 0 Å². The van der Waals surface area contributed by atoms with Crippen molar-refractivity contribution in [1.29, 1.82) is 0 Å². The maximum Gasteiger partial charge on any atom is 0.156 e. The molecule has 1 atom stereocenters. The Hall–Kier alpha value is -0.603. The highest BCUT2D eigenvalue weighted by atomic mass is 28.3. The summed E-state index contributed by atoms with van der Waals surface area (Å²) in [5.41, 5.74) is 0. The molecule has 0 N–H and O–H groups in total. The molecular formula is C11H19NSi. The molecule has 0 bridgehead atoms. The molecule has 0 saturated carbocycles. The van der Waals surface area contributed by atoms with Gasteiger partial charge in [0.25, 0.3) is 0 Å². The fourth-order valence-electron chi connectivity index (χ4n) is 1.58. The Morgan fingerprint density at radius 3 is 2.08 bits per heavy atom. The minimum Gasteiger partial charge on any atom is -0.326 e. The fourth-order valence-corrected chi connectivity index (χ4v) is 4.04. The Morgan fingerprint density at radius 2 is 1.69 bits per heavy atom. The quantitative estimate of drug-likeness (QED) is 0.664. The van der Waals surface area contributed by atoms with Crippen LogP contribution in [0, 0.1) is 0 Å². The normalized spacial score (nSPS) is 15.8. The van der Waals surface area contributed by atoms with Crippen LogP contribution >= 0.6 is 0 Å². The average Bonchev–Trinajstić information content (AvgIpc) is 2.17. The lowest BCUT2D eigenvalue weighted by Gasteiger charge is -2.33. The van der Waals surface area contributed by atoms with E-state index in [0.29, 0.717) is 0 Å². The van der Waals surface area contributed by atoms with E-state index in [1.54, 1.807) is 0 Å². The van der Waals surface area contributed by atoms with Crippen LogP contribution in [0.3, 0.4) is 0 Å². The molecule has 2 heteroatoms. The zero-order valence-corrected chi connectivity index (χ0v) is 10.0. The molecular weight excluding hydrogens is 174 g/mol. The standard InChI is InChI=1S/C11H19NSi/c1-5-13(4,12(2)3)11-9-7-6-8-10-11/h6-10H,5H2,1-4H3. The van der Waals surface area contributed by atoms with Gasteiger partial charge in [-0.2, -0.15) is 0 Å². The lowest BCUT2D eigenvalue weighted by Crippen LogP contribution is -2.56. The second-order valence-electron chi connectivity index (χ2n) is 3.89. The molecule has 0 fully saturated rings. The molecule has 0 aliphatic heterocycles. The highest BCUT2D eigenvalue weighted by molar-refractivity contribution is 6.88. The molecule has 1 rings (SSSR count). The van der Waals surface area contributed by atoms with E-state index >= 15 is 0 Å². The monoisotopic (exact) mass is 193 g/mol. The van der Waals surface area contributed by atoms with Gasteiger partial charge in [-0.1, -0.05) is 43.8 Å². The highest BCUT2D eigenvalue weighted by Crippen LogP contribution is 2.11. The summed E-state index contributed by atoms with van der Waals surface area (Å²) in [7, 11) is 3.05. The summed E-state index contributed by atoms with van der Waals surface area (Å²) in [6, 6.07) is 12.2.